The predicted molar refractivity (Wildman–Crippen MR) is 121 cm³/mol. The van der Waals surface area contributed by atoms with Crippen LogP contribution in [0.2, 0.25) is 0 Å². The summed E-state index contributed by atoms with van der Waals surface area (Å²) in [4.78, 5) is 42.0. The molecule has 0 saturated heterocycles. The van der Waals surface area contributed by atoms with Crippen molar-refractivity contribution in [2.45, 2.75) is 38.8 Å². The third kappa shape index (κ3) is 4.58. The van der Waals surface area contributed by atoms with Crippen LogP contribution >= 0.6 is 0 Å². The number of ketones is 3. The Labute approximate surface area is 179 Å². The fourth-order valence-corrected chi connectivity index (χ4v) is 2.83. The molecule has 0 fully saturated rings. The Balaban J connectivity index is 2.22. The molecule has 0 amide bonds. The molecular weight excluding hydrogens is 376 g/mol. The molecule has 0 aliphatic carbocycles. The minimum Gasteiger partial charge on any atom is -0.297 e. The van der Waals surface area contributed by atoms with Crippen LogP contribution in [0, 0.1) is 0 Å². The number of hydrogen-bond donors (Lipinski definition) is 0. The highest BCUT2D eigenvalue weighted by Crippen LogP contribution is 2.21. The second-order valence-corrected chi connectivity index (χ2v) is 9.05. The van der Waals surface area contributed by atoms with Crippen LogP contribution in [0.1, 0.15) is 64.3 Å². The Bertz CT molecular complexity index is 860. The van der Waals surface area contributed by atoms with Crippen LogP contribution in [0.5, 0.6) is 0 Å². The summed E-state index contributed by atoms with van der Waals surface area (Å²) in [5.41, 5.74) is 0.876. The lowest BCUT2D eigenvalue weighted by atomic mass is 9.90. The van der Waals surface area contributed by atoms with Crippen LogP contribution < -0.4 is 0 Å². The SMILES string of the molecule is CN(C)C(C)(C)C(=O)c1ccc(C(=O)c2ccc(C(=O)C(C)(C)N(C)C)cc2)cc1. The van der Waals surface area contributed by atoms with Gasteiger partial charge in [0, 0.05) is 22.3 Å². The first-order valence-corrected chi connectivity index (χ1v) is 9.99. The number of hydrogen-bond acceptors (Lipinski definition) is 5. The smallest absolute Gasteiger partial charge is 0.193 e. The highest BCUT2D eigenvalue weighted by molar-refractivity contribution is 6.11. The summed E-state index contributed by atoms with van der Waals surface area (Å²) >= 11 is 0. The van der Waals surface area contributed by atoms with Crippen molar-refractivity contribution in [3.05, 3.63) is 70.8 Å². The normalized spacial score (nSPS) is 12.3. The van der Waals surface area contributed by atoms with Crippen LogP contribution in [-0.4, -0.2) is 66.4 Å². The molecule has 0 heterocycles. The summed E-state index contributed by atoms with van der Waals surface area (Å²) in [6.45, 7) is 7.48. The Morgan fingerprint density at radius 1 is 0.533 bits per heavy atom. The van der Waals surface area contributed by atoms with E-state index < -0.39 is 11.1 Å². The summed E-state index contributed by atoms with van der Waals surface area (Å²) in [6.07, 6.45) is 0. The molecule has 0 unspecified atom stereocenters. The monoisotopic (exact) mass is 408 g/mol. The largest absolute Gasteiger partial charge is 0.297 e. The molecular formula is C25H32N2O3. The lowest BCUT2D eigenvalue weighted by molar-refractivity contribution is 0.0750. The number of carbonyl (C=O) groups is 3. The Morgan fingerprint density at radius 3 is 1.00 bits per heavy atom. The third-order valence-electron chi connectivity index (χ3n) is 6.17. The lowest BCUT2D eigenvalue weighted by Gasteiger charge is -2.31. The van der Waals surface area contributed by atoms with E-state index in [2.05, 4.69) is 0 Å². The van der Waals surface area contributed by atoms with Crippen molar-refractivity contribution in [2.24, 2.45) is 0 Å². The number of nitrogens with zero attached hydrogens (tertiary/aromatic N) is 2. The van der Waals surface area contributed by atoms with Crippen LogP contribution in [0.15, 0.2) is 48.5 Å². The first-order chi connectivity index (χ1) is 13.8. The summed E-state index contributed by atoms with van der Waals surface area (Å²) in [5, 5.41) is 0. The first-order valence-electron chi connectivity index (χ1n) is 9.99. The molecule has 0 spiro atoms. The van der Waals surface area contributed by atoms with Gasteiger partial charge < -0.3 is 0 Å². The van der Waals surface area contributed by atoms with Gasteiger partial charge in [0.1, 0.15) is 0 Å². The van der Waals surface area contributed by atoms with Crippen molar-refractivity contribution in [2.75, 3.05) is 28.2 Å². The topological polar surface area (TPSA) is 57.7 Å². The first kappa shape index (κ1) is 23.6. The second-order valence-electron chi connectivity index (χ2n) is 9.05. The Morgan fingerprint density at radius 2 is 0.767 bits per heavy atom. The molecule has 2 aromatic carbocycles. The minimum atomic E-state index is -0.631. The number of carbonyl (C=O) groups excluding carboxylic acids is 3. The minimum absolute atomic E-state index is 0.00197. The van der Waals surface area contributed by atoms with E-state index in [1.165, 1.54) is 0 Å². The molecule has 0 bridgehead atoms. The van der Waals surface area contributed by atoms with Crippen LogP contribution in [0.25, 0.3) is 0 Å². The van der Waals surface area contributed by atoms with Gasteiger partial charge in [-0.2, -0.15) is 0 Å². The van der Waals surface area contributed by atoms with E-state index in [1.54, 1.807) is 48.5 Å². The van der Waals surface area contributed by atoms with Gasteiger partial charge >= 0.3 is 0 Å². The molecule has 0 aliphatic rings. The molecule has 0 radical (unpaired) electrons. The van der Waals surface area contributed by atoms with Gasteiger partial charge in [-0.3, -0.25) is 24.2 Å². The molecule has 0 aromatic heterocycles. The highest BCUT2D eigenvalue weighted by Gasteiger charge is 2.31. The molecule has 0 saturated carbocycles. The molecule has 0 aliphatic heterocycles. The van der Waals surface area contributed by atoms with Crippen LogP contribution in [0.4, 0.5) is 0 Å². The number of benzene rings is 2. The van der Waals surface area contributed by atoms with E-state index in [9.17, 15) is 14.4 Å². The van der Waals surface area contributed by atoms with E-state index in [4.69, 9.17) is 0 Å². The van der Waals surface area contributed by atoms with Crippen molar-refractivity contribution in [1.29, 1.82) is 0 Å². The van der Waals surface area contributed by atoms with Crippen molar-refractivity contribution in [3.8, 4) is 0 Å². The van der Waals surface area contributed by atoms with E-state index in [1.807, 2.05) is 65.7 Å². The Hall–Kier alpha value is -2.63. The summed E-state index contributed by atoms with van der Waals surface area (Å²) in [6, 6.07) is 13.5. The fraction of sp³-hybridized carbons (Fsp3) is 0.400. The van der Waals surface area contributed by atoms with E-state index in [0.717, 1.165) is 0 Å². The molecule has 0 atom stereocenters. The van der Waals surface area contributed by atoms with Crippen LogP contribution in [0.3, 0.4) is 0 Å². The van der Waals surface area contributed by atoms with Gasteiger partial charge in [0.25, 0.3) is 0 Å². The average molecular weight is 409 g/mol. The van der Waals surface area contributed by atoms with Gasteiger partial charge in [-0.25, -0.2) is 0 Å². The molecule has 5 nitrogen and oxygen atoms in total. The lowest BCUT2D eigenvalue weighted by Crippen LogP contribution is -2.45. The van der Waals surface area contributed by atoms with Gasteiger partial charge in [0.05, 0.1) is 11.1 Å². The summed E-state index contributed by atoms with van der Waals surface area (Å²) in [5.74, 6) is -0.150. The predicted octanol–water partition coefficient (Wildman–Crippen LogP) is 3.96. The Kier molecular flexibility index (Phi) is 6.80. The average Bonchev–Trinajstić information content (AvgIpc) is 2.72. The van der Waals surface area contributed by atoms with Crippen molar-refractivity contribution < 1.29 is 14.4 Å². The molecule has 0 N–H and O–H groups in total. The molecule has 2 rings (SSSR count). The zero-order chi connectivity index (χ0) is 22.9. The fourth-order valence-electron chi connectivity index (χ4n) is 2.83. The number of Topliss-reactive ketones (excluding diaryl/α,β-unsaturated/α-hetero) is 2. The zero-order valence-electron chi connectivity index (χ0n) is 19.2. The quantitative estimate of drug-likeness (QED) is 0.619. The summed E-state index contributed by atoms with van der Waals surface area (Å²) < 4.78 is 0. The molecule has 2 aromatic rings. The van der Waals surface area contributed by atoms with Crippen molar-refractivity contribution in [1.82, 2.24) is 9.80 Å². The maximum atomic E-state index is 12.8. The van der Waals surface area contributed by atoms with Gasteiger partial charge in [-0.1, -0.05) is 48.5 Å². The molecule has 30 heavy (non-hydrogen) atoms. The van der Waals surface area contributed by atoms with Gasteiger partial charge in [-0.05, 0) is 55.9 Å². The number of likely N-dealkylation sites (N-methyl/N-ethyl adjacent to an activating group) is 2. The maximum Gasteiger partial charge on any atom is 0.193 e. The van der Waals surface area contributed by atoms with E-state index in [0.29, 0.717) is 22.3 Å². The van der Waals surface area contributed by atoms with Gasteiger partial charge in [-0.15, -0.1) is 0 Å². The van der Waals surface area contributed by atoms with E-state index in [-0.39, 0.29) is 17.3 Å². The molecule has 160 valence electrons. The number of rotatable bonds is 8. The van der Waals surface area contributed by atoms with Gasteiger partial charge in [0.15, 0.2) is 17.3 Å². The standard InChI is InChI=1S/C25H32N2O3/c1-24(2,26(5)6)22(29)19-13-9-17(10-14-19)21(28)18-11-15-20(16-12-18)23(30)25(3,4)27(7)8/h9-16H,1-8H3. The maximum absolute atomic E-state index is 12.8. The third-order valence-corrected chi connectivity index (χ3v) is 6.17. The molecule has 5 heteroatoms. The van der Waals surface area contributed by atoms with Crippen molar-refractivity contribution >= 4 is 17.3 Å². The second kappa shape index (κ2) is 8.62. The summed E-state index contributed by atoms with van der Waals surface area (Å²) in [7, 11) is 7.46. The highest BCUT2D eigenvalue weighted by atomic mass is 16.1. The van der Waals surface area contributed by atoms with Gasteiger partial charge in [0.2, 0.25) is 0 Å². The van der Waals surface area contributed by atoms with Crippen LogP contribution in [-0.2, 0) is 0 Å². The zero-order valence-corrected chi connectivity index (χ0v) is 19.2. The van der Waals surface area contributed by atoms with E-state index >= 15 is 0 Å². The van der Waals surface area contributed by atoms with Crippen molar-refractivity contribution in [3.63, 3.8) is 0 Å².